The quantitative estimate of drug-likeness (QED) is 0.731. The molecule has 3 rings (SSSR count). The van der Waals surface area contributed by atoms with E-state index in [4.69, 9.17) is 33.7 Å². The Balaban J connectivity index is 1.59. The Morgan fingerprint density at radius 3 is 2.36 bits per heavy atom. The second kappa shape index (κ2) is 9.50. The summed E-state index contributed by atoms with van der Waals surface area (Å²) in [7, 11) is 0. The SMILES string of the molecule is CC(CC(OC(N)=O)c1ccccc1)N1CCN(c2ccc(Cl)c(Cl)c2)CC1. The Morgan fingerprint density at radius 2 is 1.75 bits per heavy atom. The minimum absolute atomic E-state index is 0.250. The molecule has 0 saturated carbocycles. The fraction of sp³-hybridized carbons (Fsp3) is 0.381. The van der Waals surface area contributed by atoms with Crippen LogP contribution in [0.15, 0.2) is 48.5 Å². The maximum Gasteiger partial charge on any atom is 0.405 e. The number of carbonyl (C=O) groups is 1. The first-order chi connectivity index (χ1) is 13.4. The molecular weight excluding hydrogens is 397 g/mol. The van der Waals surface area contributed by atoms with Crippen molar-refractivity contribution in [1.82, 2.24) is 4.90 Å². The van der Waals surface area contributed by atoms with Crippen molar-refractivity contribution in [1.29, 1.82) is 0 Å². The van der Waals surface area contributed by atoms with Crippen LogP contribution < -0.4 is 10.6 Å². The van der Waals surface area contributed by atoms with Crippen LogP contribution in [0.2, 0.25) is 10.0 Å². The van der Waals surface area contributed by atoms with Gasteiger partial charge in [0.1, 0.15) is 6.10 Å². The van der Waals surface area contributed by atoms with Crippen LogP contribution in [0.3, 0.4) is 0 Å². The number of amides is 1. The summed E-state index contributed by atoms with van der Waals surface area (Å²) in [4.78, 5) is 16.1. The second-order valence-corrected chi connectivity index (χ2v) is 7.86. The molecule has 7 heteroatoms. The fourth-order valence-electron chi connectivity index (χ4n) is 3.62. The number of hydrogen-bond donors (Lipinski definition) is 1. The molecule has 1 aliphatic heterocycles. The van der Waals surface area contributed by atoms with E-state index in [-0.39, 0.29) is 12.1 Å². The zero-order valence-electron chi connectivity index (χ0n) is 15.9. The van der Waals surface area contributed by atoms with Gasteiger partial charge in [-0.1, -0.05) is 53.5 Å². The van der Waals surface area contributed by atoms with Crippen molar-refractivity contribution in [2.75, 3.05) is 31.1 Å². The van der Waals surface area contributed by atoms with Gasteiger partial charge in [0, 0.05) is 44.3 Å². The van der Waals surface area contributed by atoms with Gasteiger partial charge in [-0.05, 0) is 30.7 Å². The van der Waals surface area contributed by atoms with Gasteiger partial charge in [-0.25, -0.2) is 4.79 Å². The topological polar surface area (TPSA) is 58.8 Å². The van der Waals surface area contributed by atoms with E-state index in [2.05, 4.69) is 16.7 Å². The lowest BCUT2D eigenvalue weighted by Crippen LogP contribution is -2.50. The number of ether oxygens (including phenoxy) is 1. The number of piperazine rings is 1. The molecule has 0 aliphatic carbocycles. The third-order valence-electron chi connectivity index (χ3n) is 5.19. The van der Waals surface area contributed by atoms with Crippen molar-refractivity contribution in [2.24, 2.45) is 5.73 Å². The summed E-state index contributed by atoms with van der Waals surface area (Å²) >= 11 is 12.2. The minimum Gasteiger partial charge on any atom is -0.441 e. The number of carbonyl (C=O) groups excluding carboxylic acids is 1. The Labute approximate surface area is 176 Å². The van der Waals surface area contributed by atoms with Gasteiger partial charge in [-0.3, -0.25) is 4.90 Å². The monoisotopic (exact) mass is 421 g/mol. The van der Waals surface area contributed by atoms with Gasteiger partial charge >= 0.3 is 6.09 Å². The zero-order valence-corrected chi connectivity index (χ0v) is 17.4. The molecule has 28 heavy (non-hydrogen) atoms. The average Bonchev–Trinajstić information content (AvgIpc) is 2.70. The lowest BCUT2D eigenvalue weighted by Gasteiger charge is -2.40. The summed E-state index contributed by atoms with van der Waals surface area (Å²) in [5, 5.41) is 1.14. The van der Waals surface area contributed by atoms with E-state index in [1.165, 1.54) is 0 Å². The molecule has 1 aliphatic rings. The van der Waals surface area contributed by atoms with Crippen molar-refractivity contribution in [3.05, 3.63) is 64.1 Å². The number of nitrogens with zero attached hydrogens (tertiary/aromatic N) is 2. The molecule has 2 unspecified atom stereocenters. The van der Waals surface area contributed by atoms with E-state index in [0.29, 0.717) is 16.5 Å². The standard InChI is InChI=1S/C21H25Cl2N3O2/c1-15(13-20(28-21(24)27)16-5-3-2-4-6-16)25-9-11-26(12-10-25)17-7-8-18(22)19(23)14-17/h2-8,14-15,20H,9-13H2,1H3,(H2,24,27). The molecule has 2 aromatic rings. The van der Waals surface area contributed by atoms with Crippen molar-refractivity contribution >= 4 is 35.0 Å². The minimum atomic E-state index is -0.745. The van der Waals surface area contributed by atoms with Crippen LogP contribution in [0.5, 0.6) is 0 Å². The molecule has 2 N–H and O–H groups in total. The van der Waals surface area contributed by atoms with Crippen LogP contribution in [-0.2, 0) is 4.74 Å². The highest BCUT2D eigenvalue weighted by Crippen LogP contribution is 2.29. The molecule has 1 amide bonds. The number of rotatable bonds is 6. The lowest BCUT2D eigenvalue weighted by molar-refractivity contribution is 0.0740. The van der Waals surface area contributed by atoms with Gasteiger partial charge in [-0.2, -0.15) is 0 Å². The van der Waals surface area contributed by atoms with Crippen molar-refractivity contribution in [3.63, 3.8) is 0 Å². The normalized spacial score (nSPS) is 17.2. The fourth-order valence-corrected chi connectivity index (χ4v) is 3.91. The molecule has 0 spiro atoms. The van der Waals surface area contributed by atoms with Crippen LogP contribution in [0.25, 0.3) is 0 Å². The Hall–Kier alpha value is -1.95. The van der Waals surface area contributed by atoms with Gasteiger partial charge in [0.25, 0.3) is 0 Å². The smallest absolute Gasteiger partial charge is 0.405 e. The van der Waals surface area contributed by atoms with Crippen LogP contribution in [0.4, 0.5) is 10.5 Å². The summed E-state index contributed by atoms with van der Waals surface area (Å²) in [6, 6.07) is 15.7. The highest BCUT2D eigenvalue weighted by molar-refractivity contribution is 6.42. The number of anilines is 1. The summed E-state index contributed by atoms with van der Waals surface area (Å²) < 4.78 is 5.39. The van der Waals surface area contributed by atoms with E-state index in [0.717, 1.165) is 37.4 Å². The largest absolute Gasteiger partial charge is 0.441 e. The lowest BCUT2D eigenvalue weighted by atomic mass is 10.0. The van der Waals surface area contributed by atoms with Gasteiger partial charge in [0.15, 0.2) is 0 Å². The van der Waals surface area contributed by atoms with Crippen LogP contribution in [0.1, 0.15) is 25.0 Å². The van der Waals surface area contributed by atoms with Gasteiger partial charge < -0.3 is 15.4 Å². The van der Waals surface area contributed by atoms with E-state index < -0.39 is 6.09 Å². The molecule has 2 atom stereocenters. The molecule has 2 aromatic carbocycles. The van der Waals surface area contributed by atoms with Crippen molar-refractivity contribution < 1.29 is 9.53 Å². The number of benzene rings is 2. The predicted octanol–water partition coefficient (Wildman–Crippen LogP) is 4.73. The van der Waals surface area contributed by atoms with E-state index >= 15 is 0 Å². The molecule has 150 valence electrons. The molecule has 0 bridgehead atoms. The third-order valence-corrected chi connectivity index (χ3v) is 5.93. The molecule has 1 heterocycles. The molecular formula is C21H25Cl2N3O2. The highest BCUT2D eigenvalue weighted by atomic mass is 35.5. The first kappa shape index (κ1) is 20.8. The number of primary amides is 1. The number of hydrogen-bond acceptors (Lipinski definition) is 4. The summed E-state index contributed by atoms with van der Waals surface area (Å²) in [6.07, 6.45) is -0.396. The number of nitrogens with two attached hydrogens (primary N) is 1. The zero-order chi connectivity index (χ0) is 20.1. The molecule has 5 nitrogen and oxygen atoms in total. The Kier molecular flexibility index (Phi) is 7.05. The number of halogens is 2. The average molecular weight is 422 g/mol. The van der Waals surface area contributed by atoms with Gasteiger partial charge in [0.05, 0.1) is 10.0 Å². The Morgan fingerprint density at radius 1 is 1.07 bits per heavy atom. The first-order valence-electron chi connectivity index (χ1n) is 9.39. The third kappa shape index (κ3) is 5.31. The van der Waals surface area contributed by atoms with E-state index in [1.807, 2.05) is 48.5 Å². The van der Waals surface area contributed by atoms with Crippen molar-refractivity contribution in [3.8, 4) is 0 Å². The second-order valence-electron chi connectivity index (χ2n) is 7.04. The maximum absolute atomic E-state index is 11.4. The predicted molar refractivity (Wildman–Crippen MR) is 114 cm³/mol. The van der Waals surface area contributed by atoms with Crippen LogP contribution in [-0.4, -0.2) is 43.2 Å². The van der Waals surface area contributed by atoms with Crippen LogP contribution in [0, 0.1) is 0 Å². The summed E-state index contributed by atoms with van der Waals surface area (Å²) in [5.41, 5.74) is 7.33. The van der Waals surface area contributed by atoms with Crippen molar-refractivity contribution in [2.45, 2.75) is 25.5 Å². The molecule has 1 saturated heterocycles. The van der Waals surface area contributed by atoms with Gasteiger partial charge in [-0.15, -0.1) is 0 Å². The van der Waals surface area contributed by atoms with Gasteiger partial charge in [0.2, 0.25) is 0 Å². The summed E-state index contributed by atoms with van der Waals surface area (Å²) in [5.74, 6) is 0. The maximum atomic E-state index is 11.4. The highest BCUT2D eigenvalue weighted by Gasteiger charge is 2.26. The molecule has 0 aromatic heterocycles. The molecule has 1 fully saturated rings. The summed E-state index contributed by atoms with van der Waals surface area (Å²) in [6.45, 7) is 5.79. The van der Waals surface area contributed by atoms with Crippen LogP contribution >= 0.6 is 23.2 Å². The first-order valence-corrected chi connectivity index (χ1v) is 10.1. The Bertz CT molecular complexity index is 795. The molecule has 0 radical (unpaired) electrons. The van der Waals surface area contributed by atoms with E-state index in [9.17, 15) is 4.79 Å². The van der Waals surface area contributed by atoms with E-state index in [1.54, 1.807) is 0 Å².